The molecule has 2 rings (SSSR count). The summed E-state index contributed by atoms with van der Waals surface area (Å²) >= 11 is 0. The molecule has 1 aromatic rings. The summed E-state index contributed by atoms with van der Waals surface area (Å²) in [5.41, 5.74) is 0.730. The van der Waals surface area contributed by atoms with E-state index in [0.717, 1.165) is 26.3 Å². The molecule has 1 heterocycles. The molecule has 2 N–H and O–H groups in total. The summed E-state index contributed by atoms with van der Waals surface area (Å²) in [4.78, 5) is 46.7. The number of benzene rings is 1. The van der Waals surface area contributed by atoms with Gasteiger partial charge in [-0.25, -0.2) is 4.79 Å². The lowest BCUT2D eigenvalue weighted by atomic mass is 9.96. The van der Waals surface area contributed by atoms with Crippen LogP contribution in [0.5, 0.6) is 0 Å². The lowest BCUT2D eigenvalue weighted by molar-refractivity contribution is -0.264. The van der Waals surface area contributed by atoms with E-state index in [2.05, 4.69) is 5.32 Å². The topological polar surface area (TPSA) is 147 Å². The van der Waals surface area contributed by atoms with Crippen LogP contribution in [0.15, 0.2) is 30.3 Å². The summed E-state index contributed by atoms with van der Waals surface area (Å²) in [7, 11) is 0. The Kier molecular flexibility index (Phi) is 8.76. The maximum Gasteiger partial charge on any atom is 0.407 e. The number of alkyl carbamates (subject to hydrolysis) is 1. The van der Waals surface area contributed by atoms with Gasteiger partial charge in [0, 0.05) is 20.8 Å². The Morgan fingerprint density at radius 1 is 0.935 bits per heavy atom. The van der Waals surface area contributed by atoms with Gasteiger partial charge in [0.2, 0.25) is 0 Å². The second kappa shape index (κ2) is 11.3. The summed E-state index contributed by atoms with van der Waals surface area (Å²) in [6, 6.07) is 7.54. The molecule has 1 amide bonds. The number of hydrogen-bond acceptors (Lipinski definition) is 10. The zero-order valence-electron chi connectivity index (χ0n) is 17.3. The Balaban J connectivity index is 2.16. The van der Waals surface area contributed by atoms with E-state index in [4.69, 9.17) is 23.7 Å². The fraction of sp³-hybridized carbons (Fsp3) is 0.500. The third-order valence-electron chi connectivity index (χ3n) is 4.22. The smallest absolute Gasteiger partial charge is 0.407 e. The van der Waals surface area contributed by atoms with Gasteiger partial charge < -0.3 is 34.1 Å². The normalized spacial score (nSPS) is 25.1. The number of carbonyl (C=O) groups is 4. The number of ether oxygens (including phenoxy) is 5. The highest BCUT2D eigenvalue weighted by molar-refractivity contribution is 5.69. The molecule has 170 valence electrons. The number of amides is 1. The molecule has 0 aliphatic carbocycles. The van der Waals surface area contributed by atoms with Crippen LogP contribution in [0, 0.1) is 0 Å². The number of hydrogen-bond donors (Lipinski definition) is 2. The molecular weight excluding hydrogens is 414 g/mol. The van der Waals surface area contributed by atoms with Crippen molar-refractivity contribution in [1.82, 2.24) is 5.32 Å². The van der Waals surface area contributed by atoms with Crippen LogP contribution in [0.3, 0.4) is 0 Å². The number of aliphatic hydroxyl groups excluding tert-OH is 1. The molecule has 11 nitrogen and oxygen atoms in total. The van der Waals surface area contributed by atoms with Crippen molar-refractivity contribution < 1.29 is 48.0 Å². The number of esters is 3. The van der Waals surface area contributed by atoms with E-state index < -0.39 is 54.6 Å². The monoisotopic (exact) mass is 439 g/mol. The SMILES string of the molecule is CC(=O)OC[C@H]1O[C@@H](O)[C@@H](NC(=O)OCc2ccccc2)[C@@H](OC(C)=O)[C@@H]1OC(C)=O. The van der Waals surface area contributed by atoms with Gasteiger partial charge in [-0.2, -0.15) is 0 Å². The number of carbonyl (C=O) groups excluding carboxylic acids is 4. The fourth-order valence-corrected chi connectivity index (χ4v) is 2.97. The van der Waals surface area contributed by atoms with E-state index in [1.807, 2.05) is 6.07 Å². The third kappa shape index (κ3) is 7.54. The number of rotatable bonds is 7. The molecule has 1 saturated heterocycles. The van der Waals surface area contributed by atoms with Crippen molar-refractivity contribution in [2.45, 2.75) is 58.0 Å². The van der Waals surface area contributed by atoms with Gasteiger partial charge in [0.25, 0.3) is 0 Å². The first-order chi connectivity index (χ1) is 14.7. The Bertz CT molecular complexity index is 783. The molecule has 11 heteroatoms. The molecule has 1 aromatic carbocycles. The molecule has 31 heavy (non-hydrogen) atoms. The average Bonchev–Trinajstić information content (AvgIpc) is 2.70. The highest BCUT2D eigenvalue weighted by atomic mass is 16.7. The van der Waals surface area contributed by atoms with Crippen LogP contribution in [0.2, 0.25) is 0 Å². The van der Waals surface area contributed by atoms with Crippen LogP contribution in [-0.4, -0.2) is 66.4 Å². The van der Waals surface area contributed by atoms with Crippen molar-refractivity contribution in [2.24, 2.45) is 0 Å². The summed E-state index contributed by atoms with van der Waals surface area (Å²) in [5, 5.41) is 12.8. The Morgan fingerprint density at radius 3 is 2.13 bits per heavy atom. The second-order valence-electron chi connectivity index (χ2n) is 6.75. The Labute approximate surface area is 178 Å². The van der Waals surface area contributed by atoms with Gasteiger partial charge in [-0.05, 0) is 5.56 Å². The molecule has 0 aromatic heterocycles. The molecule has 0 bridgehead atoms. The van der Waals surface area contributed by atoms with Crippen LogP contribution >= 0.6 is 0 Å². The first-order valence-corrected chi connectivity index (χ1v) is 9.46. The third-order valence-corrected chi connectivity index (χ3v) is 4.22. The highest BCUT2D eigenvalue weighted by Crippen LogP contribution is 2.26. The number of aliphatic hydroxyl groups is 1. The van der Waals surface area contributed by atoms with Crippen LogP contribution < -0.4 is 5.32 Å². The standard InChI is InChI=1S/C20H25NO10/c1-11(22)27-10-15-17(29-12(2)23)18(30-13(3)24)16(19(25)31-15)21-20(26)28-9-14-7-5-4-6-8-14/h4-8,15-19,25H,9-10H2,1-3H3,(H,21,26)/t15-,16+,17-,18-,19-/m1/s1. The van der Waals surface area contributed by atoms with Gasteiger partial charge >= 0.3 is 24.0 Å². The highest BCUT2D eigenvalue weighted by Gasteiger charge is 2.50. The molecule has 1 fully saturated rings. The van der Waals surface area contributed by atoms with Crippen LogP contribution in [0.4, 0.5) is 4.79 Å². The fourth-order valence-electron chi connectivity index (χ4n) is 2.97. The Morgan fingerprint density at radius 2 is 1.55 bits per heavy atom. The molecule has 5 atom stereocenters. The minimum atomic E-state index is -1.68. The zero-order chi connectivity index (χ0) is 23.0. The summed E-state index contributed by atoms with van der Waals surface area (Å²) < 4.78 is 25.8. The van der Waals surface area contributed by atoms with E-state index in [-0.39, 0.29) is 13.2 Å². The molecule has 1 aliphatic rings. The molecule has 0 saturated carbocycles. The molecule has 1 aliphatic heterocycles. The lowest BCUT2D eigenvalue weighted by Crippen LogP contribution is -2.66. The van der Waals surface area contributed by atoms with Crippen molar-refractivity contribution in [2.75, 3.05) is 6.61 Å². The van der Waals surface area contributed by atoms with Gasteiger partial charge in [0.1, 0.15) is 25.4 Å². The van der Waals surface area contributed by atoms with Crippen LogP contribution in [0.1, 0.15) is 26.3 Å². The van der Waals surface area contributed by atoms with E-state index in [9.17, 15) is 24.3 Å². The minimum absolute atomic E-state index is 0.0446. The maximum atomic E-state index is 12.3. The average molecular weight is 439 g/mol. The molecular formula is C20H25NO10. The molecule has 0 radical (unpaired) electrons. The van der Waals surface area contributed by atoms with Crippen molar-refractivity contribution in [3.8, 4) is 0 Å². The maximum absolute atomic E-state index is 12.3. The molecule has 0 unspecified atom stereocenters. The van der Waals surface area contributed by atoms with Crippen molar-refractivity contribution in [3.05, 3.63) is 35.9 Å². The van der Waals surface area contributed by atoms with Gasteiger partial charge in [-0.15, -0.1) is 0 Å². The molecule has 0 spiro atoms. The van der Waals surface area contributed by atoms with Gasteiger partial charge in [-0.1, -0.05) is 30.3 Å². The van der Waals surface area contributed by atoms with Crippen LogP contribution in [0.25, 0.3) is 0 Å². The van der Waals surface area contributed by atoms with Gasteiger partial charge in [0.05, 0.1) is 0 Å². The van der Waals surface area contributed by atoms with Gasteiger partial charge in [-0.3, -0.25) is 14.4 Å². The van der Waals surface area contributed by atoms with E-state index in [1.54, 1.807) is 24.3 Å². The predicted molar refractivity (Wildman–Crippen MR) is 102 cm³/mol. The quantitative estimate of drug-likeness (QED) is 0.453. The van der Waals surface area contributed by atoms with Crippen LogP contribution in [-0.2, 0) is 44.7 Å². The first kappa shape index (κ1) is 24.1. The summed E-state index contributed by atoms with van der Waals surface area (Å²) in [6.07, 6.45) is -6.36. The largest absolute Gasteiger partial charge is 0.463 e. The first-order valence-electron chi connectivity index (χ1n) is 9.46. The summed E-state index contributed by atoms with van der Waals surface area (Å²) in [6.45, 7) is 2.97. The van der Waals surface area contributed by atoms with E-state index in [1.165, 1.54) is 0 Å². The summed E-state index contributed by atoms with van der Waals surface area (Å²) in [5.74, 6) is -2.12. The second-order valence-corrected chi connectivity index (χ2v) is 6.75. The predicted octanol–water partition coefficient (Wildman–Crippen LogP) is 0.425. The van der Waals surface area contributed by atoms with Crippen molar-refractivity contribution in [3.63, 3.8) is 0 Å². The van der Waals surface area contributed by atoms with E-state index >= 15 is 0 Å². The van der Waals surface area contributed by atoms with Gasteiger partial charge in [0.15, 0.2) is 18.5 Å². The lowest BCUT2D eigenvalue weighted by Gasteiger charge is -2.43. The van der Waals surface area contributed by atoms with Crippen molar-refractivity contribution in [1.29, 1.82) is 0 Å². The van der Waals surface area contributed by atoms with E-state index in [0.29, 0.717) is 0 Å². The Hall–Kier alpha value is -3.18. The minimum Gasteiger partial charge on any atom is -0.463 e. The van der Waals surface area contributed by atoms with Crippen molar-refractivity contribution >= 4 is 24.0 Å². The zero-order valence-corrected chi connectivity index (χ0v) is 17.3. The number of nitrogens with one attached hydrogen (secondary N) is 1.